The summed E-state index contributed by atoms with van der Waals surface area (Å²) in [6, 6.07) is 11.2. The Labute approximate surface area is 111 Å². The number of rotatable bonds is 3. The van der Waals surface area contributed by atoms with Crippen LogP contribution < -0.4 is 0 Å². The van der Waals surface area contributed by atoms with Crippen molar-refractivity contribution in [2.24, 2.45) is 10.2 Å². The molecule has 0 heterocycles. The summed E-state index contributed by atoms with van der Waals surface area (Å²) in [5.41, 5.74) is 1.90. The number of aromatic hydroxyl groups is 1. The van der Waals surface area contributed by atoms with Gasteiger partial charge in [0.05, 0.1) is 5.69 Å². The van der Waals surface area contributed by atoms with Crippen molar-refractivity contribution in [3.8, 4) is 5.75 Å². The zero-order valence-electron chi connectivity index (χ0n) is 10.8. The van der Waals surface area contributed by atoms with Gasteiger partial charge < -0.3 is 5.11 Å². The molecule has 2 rings (SSSR count). The van der Waals surface area contributed by atoms with E-state index in [2.05, 4.69) is 24.1 Å². The van der Waals surface area contributed by atoms with E-state index in [9.17, 15) is 9.50 Å². The van der Waals surface area contributed by atoms with Crippen molar-refractivity contribution < 1.29 is 9.50 Å². The summed E-state index contributed by atoms with van der Waals surface area (Å²) >= 11 is 0. The first kappa shape index (κ1) is 13.2. The number of halogens is 1. The SMILES string of the molecule is CC(C)c1ccccc1N=Nc1cc(F)ccc1O. The van der Waals surface area contributed by atoms with E-state index >= 15 is 0 Å². The third kappa shape index (κ3) is 3.16. The second-order valence-corrected chi connectivity index (χ2v) is 4.55. The van der Waals surface area contributed by atoms with Gasteiger partial charge in [0.2, 0.25) is 0 Å². The molecular weight excluding hydrogens is 243 g/mol. The molecule has 0 aliphatic rings. The lowest BCUT2D eigenvalue weighted by Crippen LogP contribution is -1.86. The standard InChI is InChI=1S/C15H15FN2O/c1-10(2)12-5-3-4-6-13(12)17-18-14-9-11(16)7-8-15(14)19/h3-10,19H,1-2H3. The van der Waals surface area contributed by atoms with Crippen LogP contribution in [0.5, 0.6) is 5.75 Å². The van der Waals surface area contributed by atoms with Crippen LogP contribution in [0.25, 0.3) is 0 Å². The lowest BCUT2D eigenvalue weighted by atomic mass is 10.0. The van der Waals surface area contributed by atoms with Gasteiger partial charge in [-0.1, -0.05) is 32.0 Å². The summed E-state index contributed by atoms with van der Waals surface area (Å²) in [5, 5.41) is 17.6. The molecule has 2 aromatic carbocycles. The molecule has 0 radical (unpaired) electrons. The molecule has 4 heteroatoms. The first-order valence-corrected chi connectivity index (χ1v) is 6.07. The highest BCUT2D eigenvalue weighted by atomic mass is 19.1. The number of benzene rings is 2. The Balaban J connectivity index is 2.35. The molecule has 0 saturated heterocycles. The minimum atomic E-state index is -0.455. The molecule has 3 nitrogen and oxygen atoms in total. The van der Waals surface area contributed by atoms with E-state index in [-0.39, 0.29) is 11.4 Å². The molecule has 19 heavy (non-hydrogen) atoms. The summed E-state index contributed by atoms with van der Waals surface area (Å²) in [7, 11) is 0. The Morgan fingerprint density at radius 3 is 2.42 bits per heavy atom. The first-order valence-electron chi connectivity index (χ1n) is 6.07. The van der Waals surface area contributed by atoms with E-state index in [0.29, 0.717) is 5.92 Å². The summed E-state index contributed by atoms with van der Waals surface area (Å²) in [6.45, 7) is 4.13. The lowest BCUT2D eigenvalue weighted by molar-refractivity contribution is 0.474. The predicted molar refractivity (Wildman–Crippen MR) is 72.8 cm³/mol. The molecular formula is C15H15FN2O. The van der Waals surface area contributed by atoms with Crippen LogP contribution in [0.15, 0.2) is 52.7 Å². The number of phenols is 1. The molecule has 98 valence electrons. The van der Waals surface area contributed by atoms with E-state index in [1.807, 2.05) is 24.3 Å². The molecule has 0 fully saturated rings. The van der Waals surface area contributed by atoms with E-state index in [4.69, 9.17) is 0 Å². The fourth-order valence-corrected chi connectivity index (χ4v) is 1.75. The highest BCUT2D eigenvalue weighted by molar-refractivity contribution is 5.52. The topological polar surface area (TPSA) is 45.0 Å². The quantitative estimate of drug-likeness (QED) is 0.767. The molecule has 0 aliphatic carbocycles. The molecule has 0 spiro atoms. The maximum absolute atomic E-state index is 13.1. The summed E-state index contributed by atoms with van der Waals surface area (Å²) in [6.07, 6.45) is 0. The lowest BCUT2D eigenvalue weighted by Gasteiger charge is -2.07. The van der Waals surface area contributed by atoms with Crippen LogP contribution in [0, 0.1) is 5.82 Å². The number of hydrogen-bond acceptors (Lipinski definition) is 3. The zero-order valence-corrected chi connectivity index (χ0v) is 10.8. The van der Waals surface area contributed by atoms with Gasteiger partial charge in [-0.05, 0) is 29.7 Å². The fourth-order valence-electron chi connectivity index (χ4n) is 1.75. The van der Waals surface area contributed by atoms with E-state index in [1.165, 1.54) is 12.1 Å². The average molecular weight is 258 g/mol. The highest BCUT2D eigenvalue weighted by Crippen LogP contribution is 2.31. The van der Waals surface area contributed by atoms with E-state index in [0.717, 1.165) is 17.3 Å². The van der Waals surface area contributed by atoms with Gasteiger partial charge in [0, 0.05) is 6.07 Å². The Morgan fingerprint density at radius 1 is 1.00 bits per heavy atom. The van der Waals surface area contributed by atoms with Gasteiger partial charge in [-0.15, -0.1) is 5.11 Å². The van der Waals surface area contributed by atoms with Gasteiger partial charge in [-0.25, -0.2) is 4.39 Å². The maximum atomic E-state index is 13.1. The zero-order chi connectivity index (χ0) is 13.8. The summed E-state index contributed by atoms with van der Waals surface area (Å²) in [4.78, 5) is 0. The normalized spacial score (nSPS) is 11.4. The second-order valence-electron chi connectivity index (χ2n) is 4.55. The Bertz CT molecular complexity index is 609. The van der Waals surface area contributed by atoms with Gasteiger partial charge in [-0.3, -0.25) is 0 Å². The molecule has 0 bridgehead atoms. The van der Waals surface area contributed by atoms with Crippen molar-refractivity contribution in [3.63, 3.8) is 0 Å². The van der Waals surface area contributed by atoms with E-state index in [1.54, 1.807) is 0 Å². The summed E-state index contributed by atoms with van der Waals surface area (Å²) < 4.78 is 13.1. The van der Waals surface area contributed by atoms with Gasteiger partial charge in [0.1, 0.15) is 17.3 Å². The minimum Gasteiger partial charge on any atom is -0.506 e. The third-order valence-electron chi connectivity index (χ3n) is 2.76. The van der Waals surface area contributed by atoms with Crippen LogP contribution in [-0.2, 0) is 0 Å². The van der Waals surface area contributed by atoms with Crippen LogP contribution in [-0.4, -0.2) is 5.11 Å². The van der Waals surface area contributed by atoms with Gasteiger partial charge >= 0.3 is 0 Å². The van der Waals surface area contributed by atoms with Crippen molar-refractivity contribution in [1.29, 1.82) is 0 Å². The second kappa shape index (κ2) is 5.61. The molecule has 0 aromatic heterocycles. The molecule has 0 unspecified atom stereocenters. The van der Waals surface area contributed by atoms with Gasteiger partial charge in [-0.2, -0.15) is 5.11 Å². The third-order valence-corrected chi connectivity index (χ3v) is 2.76. The van der Waals surface area contributed by atoms with Crippen molar-refractivity contribution in [1.82, 2.24) is 0 Å². The molecule has 0 aliphatic heterocycles. The van der Waals surface area contributed by atoms with Gasteiger partial charge in [0.15, 0.2) is 0 Å². The monoisotopic (exact) mass is 258 g/mol. The molecule has 0 saturated carbocycles. The van der Waals surface area contributed by atoms with Crippen LogP contribution in [0.3, 0.4) is 0 Å². The van der Waals surface area contributed by atoms with Crippen molar-refractivity contribution in [2.75, 3.05) is 0 Å². The van der Waals surface area contributed by atoms with Crippen molar-refractivity contribution in [2.45, 2.75) is 19.8 Å². The van der Waals surface area contributed by atoms with Crippen LogP contribution in [0.4, 0.5) is 15.8 Å². The largest absolute Gasteiger partial charge is 0.506 e. The van der Waals surface area contributed by atoms with Gasteiger partial charge in [0.25, 0.3) is 0 Å². The summed E-state index contributed by atoms with van der Waals surface area (Å²) in [5.74, 6) is -0.229. The van der Waals surface area contributed by atoms with Crippen LogP contribution in [0.1, 0.15) is 25.3 Å². The fraction of sp³-hybridized carbons (Fsp3) is 0.200. The number of phenolic OH excluding ortho intramolecular Hbond substituents is 1. The maximum Gasteiger partial charge on any atom is 0.143 e. The highest BCUT2D eigenvalue weighted by Gasteiger charge is 2.06. The Morgan fingerprint density at radius 2 is 1.68 bits per heavy atom. The molecule has 1 N–H and O–H groups in total. The number of azo groups is 1. The van der Waals surface area contributed by atoms with E-state index < -0.39 is 5.82 Å². The molecule has 2 aromatic rings. The molecule has 0 atom stereocenters. The Kier molecular flexibility index (Phi) is 3.90. The number of nitrogens with zero attached hydrogens (tertiary/aromatic N) is 2. The Hall–Kier alpha value is -2.23. The first-order chi connectivity index (χ1) is 9.08. The van der Waals surface area contributed by atoms with Crippen molar-refractivity contribution in [3.05, 3.63) is 53.8 Å². The molecule has 0 amide bonds. The average Bonchev–Trinajstić information content (AvgIpc) is 2.40. The number of hydrogen-bond donors (Lipinski definition) is 1. The van der Waals surface area contributed by atoms with Crippen molar-refractivity contribution >= 4 is 11.4 Å². The smallest absolute Gasteiger partial charge is 0.143 e. The van der Waals surface area contributed by atoms with Crippen LogP contribution in [0.2, 0.25) is 0 Å². The minimum absolute atomic E-state index is 0.0906. The predicted octanol–water partition coefficient (Wildman–Crippen LogP) is 5.07. The van der Waals surface area contributed by atoms with Crippen LogP contribution >= 0.6 is 0 Å².